The van der Waals surface area contributed by atoms with Gasteiger partial charge in [0.1, 0.15) is 17.3 Å². The quantitative estimate of drug-likeness (QED) is 0.352. The van der Waals surface area contributed by atoms with Gasteiger partial charge in [0.15, 0.2) is 12.4 Å². The summed E-state index contributed by atoms with van der Waals surface area (Å²) < 4.78 is 40.9. The van der Waals surface area contributed by atoms with E-state index in [4.69, 9.17) is 9.47 Å². The Balaban J connectivity index is 1.80. The lowest BCUT2D eigenvalue weighted by Crippen LogP contribution is -2.52. The number of amides is 1. The van der Waals surface area contributed by atoms with Crippen LogP contribution in [0, 0.1) is 12.8 Å². The summed E-state index contributed by atoms with van der Waals surface area (Å²) >= 11 is 0. The summed E-state index contributed by atoms with van der Waals surface area (Å²) in [7, 11) is -1.19. The standard InChI is InChI=1S/C29H29N3O8S/c1-16(2)25(29(35)36)32-23-13-18(39-5)12-21(27(23)40-15-24(32)33)22-14-30(4)28(34)26-20(22)10-11-31(26)41(37,38)19-8-6-17(3)7-9-19/h6-14,16,25H,15H2,1-5H3,(H,35,36). The Hall–Kier alpha value is -4.58. The van der Waals surface area contributed by atoms with E-state index in [2.05, 4.69) is 0 Å². The number of methoxy groups -OCH3 is 1. The maximum Gasteiger partial charge on any atom is 0.327 e. The number of benzene rings is 2. The third-order valence-electron chi connectivity index (χ3n) is 7.17. The summed E-state index contributed by atoms with van der Waals surface area (Å²) in [4.78, 5) is 39.8. The van der Waals surface area contributed by atoms with Crippen LogP contribution in [0.25, 0.3) is 22.0 Å². The largest absolute Gasteiger partial charge is 0.497 e. The highest BCUT2D eigenvalue weighted by atomic mass is 32.2. The molecule has 41 heavy (non-hydrogen) atoms. The lowest BCUT2D eigenvalue weighted by molar-refractivity contribution is -0.141. The van der Waals surface area contributed by atoms with Gasteiger partial charge in [0.05, 0.1) is 17.7 Å². The number of hydrogen-bond donors (Lipinski definition) is 1. The summed E-state index contributed by atoms with van der Waals surface area (Å²) in [5, 5.41) is 10.3. The van der Waals surface area contributed by atoms with E-state index in [-0.39, 0.29) is 21.8 Å². The van der Waals surface area contributed by atoms with Crippen LogP contribution in [0.3, 0.4) is 0 Å². The number of aromatic nitrogens is 2. The van der Waals surface area contributed by atoms with Crippen LogP contribution in [0.5, 0.6) is 11.5 Å². The van der Waals surface area contributed by atoms with Gasteiger partial charge in [-0.05, 0) is 37.1 Å². The van der Waals surface area contributed by atoms with E-state index in [1.54, 1.807) is 38.2 Å². The molecule has 11 nitrogen and oxygen atoms in total. The molecular formula is C29H29N3O8S. The minimum Gasteiger partial charge on any atom is -0.497 e. The van der Waals surface area contributed by atoms with Crippen LogP contribution in [0.1, 0.15) is 19.4 Å². The molecule has 0 saturated heterocycles. The highest BCUT2D eigenvalue weighted by Gasteiger charge is 2.39. The van der Waals surface area contributed by atoms with E-state index in [1.807, 2.05) is 6.92 Å². The number of carbonyl (C=O) groups excluding carboxylic acids is 1. The number of fused-ring (bicyclic) bond motifs is 2. The summed E-state index contributed by atoms with van der Waals surface area (Å²) in [6, 6.07) is 9.85. The molecule has 5 rings (SSSR count). The minimum atomic E-state index is -4.12. The predicted octanol–water partition coefficient (Wildman–Crippen LogP) is 3.40. The number of pyridine rings is 1. The number of hydrogen-bond acceptors (Lipinski definition) is 7. The van der Waals surface area contributed by atoms with Gasteiger partial charge in [-0.15, -0.1) is 0 Å². The number of rotatable bonds is 7. The minimum absolute atomic E-state index is 0.0256. The number of anilines is 1. The van der Waals surface area contributed by atoms with Crippen LogP contribution < -0.4 is 19.9 Å². The van der Waals surface area contributed by atoms with Gasteiger partial charge in [-0.1, -0.05) is 31.5 Å². The van der Waals surface area contributed by atoms with Crippen LogP contribution >= 0.6 is 0 Å². The number of carboxylic acid groups (broad SMARTS) is 1. The fraction of sp³-hybridized carbons (Fsp3) is 0.276. The van der Waals surface area contributed by atoms with Crippen molar-refractivity contribution in [3.8, 4) is 22.6 Å². The molecule has 2 aromatic heterocycles. The molecule has 1 unspecified atom stereocenters. The van der Waals surface area contributed by atoms with E-state index in [1.165, 1.54) is 54.1 Å². The fourth-order valence-electron chi connectivity index (χ4n) is 5.14. The zero-order valence-electron chi connectivity index (χ0n) is 23.1. The van der Waals surface area contributed by atoms with Gasteiger partial charge >= 0.3 is 5.97 Å². The van der Waals surface area contributed by atoms with Crippen molar-refractivity contribution in [2.75, 3.05) is 18.6 Å². The Morgan fingerprint density at radius 1 is 1.07 bits per heavy atom. The van der Waals surface area contributed by atoms with Gasteiger partial charge in [0, 0.05) is 42.0 Å². The Labute approximate surface area is 236 Å². The number of ether oxygens (including phenoxy) is 2. The second-order valence-corrected chi connectivity index (χ2v) is 12.1. The maximum atomic E-state index is 13.6. The molecule has 0 bridgehead atoms. The molecule has 214 valence electrons. The number of aliphatic carboxylic acids is 1. The second-order valence-electron chi connectivity index (χ2n) is 10.3. The summed E-state index contributed by atoms with van der Waals surface area (Å²) in [6.45, 7) is 4.85. The second kappa shape index (κ2) is 10.1. The van der Waals surface area contributed by atoms with Gasteiger partial charge in [0.2, 0.25) is 0 Å². The first kappa shape index (κ1) is 28.0. The lowest BCUT2D eigenvalue weighted by Gasteiger charge is -2.36. The van der Waals surface area contributed by atoms with Crippen LogP contribution in [0.2, 0.25) is 0 Å². The summed E-state index contributed by atoms with van der Waals surface area (Å²) in [6.07, 6.45) is 2.87. The Morgan fingerprint density at radius 3 is 2.37 bits per heavy atom. The SMILES string of the molecule is COc1cc(-c2cn(C)c(=O)c3c2ccn3S(=O)(=O)c2ccc(C)cc2)c2c(c1)N(C(C(=O)O)C(C)C)C(=O)CO2. The Kier molecular flexibility index (Phi) is 6.90. The van der Waals surface area contributed by atoms with Crippen LogP contribution in [0.4, 0.5) is 5.69 Å². The highest BCUT2D eigenvalue weighted by molar-refractivity contribution is 7.90. The van der Waals surface area contributed by atoms with Gasteiger partial charge in [-0.2, -0.15) is 0 Å². The summed E-state index contributed by atoms with van der Waals surface area (Å²) in [5.41, 5.74) is 1.31. The van der Waals surface area contributed by atoms with Crippen molar-refractivity contribution < 1.29 is 32.6 Å². The first-order chi connectivity index (χ1) is 19.4. The van der Waals surface area contributed by atoms with Crippen LogP contribution in [-0.4, -0.2) is 53.7 Å². The molecule has 0 radical (unpaired) electrons. The van der Waals surface area contributed by atoms with E-state index in [0.29, 0.717) is 22.3 Å². The molecule has 0 spiro atoms. The molecule has 4 aromatic rings. The Morgan fingerprint density at radius 2 is 1.76 bits per heavy atom. The normalized spacial score (nSPS) is 14.2. The molecule has 1 N–H and O–H groups in total. The predicted molar refractivity (Wildman–Crippen MR) is 152 cm³/mol. The molecule has 1 atom stereocenters. The van der Waals surface area contributed by atoms with Gasteiger partial charge in [-0.25, -0.2) is 17.2 Å². The van der Waals surface area contributed by atoms with E-state index in [0.717, 1.165) is 9.54 Å². The van der Waals surface area contributed by atoms with Crippen LogP contribution in [0.15, 0.2) is 64.5 Å². The molecule has 3 heterocycles. The van der Waals surface area contributed by atoms with Crippen molar-refractivity contribution in [2.45, 2.75) is 31.7 Å². The first-order valence-electron chi connectivity index (χ1n) is 12.8. The van der Waals surface area contributed by atoms with Crippen molar-refractivity contribution >= 4 is 38.5 Å². The molecule has 2 aromatic carbocycles. The van der Waals surface area contributed by atoms with E-state index < -0.39 is 46.0 Å². The van der Waals surface area contributed by atoms with Crippen molar-refractivity contribution in [3.05, 3.63) is 70.8 Å². The van der Waals surface area contributed by atoms with E-state index >= 15 is 0 Å². The number of aryl methyl sites for hydroxylation is 2. The monoisotopic (exact) mass is 579 g/mol. The maximum absolute atomic E-state index is 13.6. The topological polar surface area (TPSA) is 137 Å². The van der Waals surface area contributed by atoms with Gasteiger partial charge in [0.25, 0.3) is 21.5 Å². The van der Waals surface area contributed by atoms with Crippen LogP contribution in [-0.2, 0) is 26.7 Å². The van der Waals surface area contributed by atoms with Crippen molar-refractivity contribution in [2.24, 2.45) is 13.0 Å². The summed E-state index contributed by atoms with van der Waals surface area (Å²) in [5.74, 6) is -1.61. The first-order valence-corrected chi connectivity index (χ1v) is 14.2. The average Bonchev–Trinajstić information content (AvgIpc) is 3.38. The molecule has 1 amide bonds. The third kappa shape index (κ3) is 4.53. The molecule has 0 fully saturated rings. The Bertz CT molecular complexity index is 1870. The highest BCUT2D eigenvalue weighted by Crippen LogP contribution is 2.46. The number of nitrogens with zero attached hydrogens (tertiary/aromatic N) is 3. The van der Waals surface area contributed by atoms with Crippen molar-refractivity contribution in [1.29, 1.82) is 0 Å². The third-order valence-corrected chi connectivity index (χ3v) is 8.86. The van der Waals surface area contributed by atoms with Gasteiger partial charge in [-0.3, -0.25) is 14.5 Å². The number of carboxylic acids is 1. The smallest absolute Gasteiger partial charge is 0.327 e. The van der Waals surface area contributed by atoms with Gasteiger partial charge < -0.3 is 19.1 Å². The molecule has 0 saturated carbocycles. The zero-order chi connectivity index (χ0) is 29.8. The van der Waals surface area contributed by atoms with Crippen molar-refractivity contribution in [3.63, 3.8) is 0 Å². The molecule has 0 aliphatic carbocycles. The lowest BCUT2D eigenvalue weighted by atomic mass is 9.97. The number of carbonyl (C=O) groups is 2. The average molecular weight is 580 g/mol. The zero-order valence-corrected chi connectivity index (χ0v) is 23.9. The van der Waals surface area contributed by atoms with E-state index in [9.17, 15) is 27.9 Å². The fourth-order valence-corrected chi connectivity index (χ4v) is 6.49. The molecule has 12 heteroatoms. The molecule has 1 aliphatic rings. The molecule has 1 aliphatic heterocycles. The molecular weight excluding hydrogens is 550 g/mol. The van der Waals surface area contributed by atoms with Crippen molar-refractivity contribution in [1.82, 2.24) is 8.54 Å².